The van der Waals surface area contributed by atoms with Gasteiger partial charge >= 0.3 is 7.82 Å². The zero-order chi connectivity index (χ0) is 31.2. The fourth-order valence-electron chi connectivity index (χ4n) is 6.96. The number of nitrogens with one attached hydrogen (secondary N) is 1. The maximum Gasteiger partial charge on any atom is 0.472 e. The van der Waals surface area contributed by atoms with Gasteiger partial charge in [-0.1, -0.05) is 0 Å². The minimum Gasteiger partial charge on any atom is -0.388 e. The topological polar surface area (TPSA) is 272 Å². The molecule has 4 aliphatic rings. The lowest BCUT2D eigenvalue weighted by Gasteiger charge is -2.29. The van der Waals surface area contributed by atoms with Gasteiger partial charge in [0, 0.05) is 12.5 Å². The minimum absolute atomic E-state index is 0.0267. The predicted octanol–water partition coefficient (Wildman–Crippen LogP) is -0.616. The Morgan fingerprint density at radius 2 is 1.98 bits per heavy atom. The smallest absolute Gasteiger partial charge is 0.388 e. The van der Waals surface area contributed by atoms with Crippen molar-refractivity contribution in [3.05, 3.63) is 29.3 Å². The van der Waals surface area contributed by atoms with E-state index < -0.39 is 77.2 Å². The van der Waals surface area contributed by atoms with Crippen molar-refractivity contribution in [1.82, 2.24) is 39.0 Å². The van der Waals surface area contributed by atoms with Crippen LogP contribution in [0.3, 0.4) is 0 Å². The fraction of sp³-hybridized carbons (Fsp3) is 0.565. The lowest BCUT2D eigenvalue weighted by molar-refractivity contribution is -0.0649. The number of hydrogen-bond acceptors (Lipinski definition) is 16. The van der Waals surface area contributed by atoms with Gasteiger partial charge in [0.1, 0.15) is 42.4 Å². The van der Waals surface area contributed by atoms with E-state index in [0.29, 0.717) is 17.6 Å². The van der Waals surface area contributed by atoms with Crippen molar-refractivity contribution < 1.29 is 42.1 Å². The summed E-state index contributed by atoms with van der Waals surface area (Å²) < 4.78 is 51.8. The third kappa shape index (κ3) is 4.51. The van der Waals surface area contributed by atoms with Crippen molar-refractivity contribution in [2.75, 3.05) is 31.8 Å². The summed E-state index contributed by atoms with van der Waals surface area (Å²) in [6.07, 6.45) is -1.29. The van der Waals surface area contributed by atoms with Crippen LogP contribution in [0.15, 0.2) is 23.8 Å². The van der Waals surface area contributed by atoms with Gasteiger partial charge in [-0.25, -0.2) is 24.5 Å². The molecule has 0 radical (unpaired) electrons. The molecule has 4 aromatic heterocycles. The van der Waals surface area contributed by atoms with Gasteiger partial charge in [-0.05, 0) is 12.3 Å². The summed E-state index contributed by atoms with van der Waals surface area (Å²) in [6.45, 7) is -0.417. The molecule has 45 heavy (non-hydrogen) atoms. The summed E-state index contributed by atoms with van der Waals surface area (Å²) in [6, 6.07) is -0.616. The highest BCUT2D eigenvalue weighted by molar-refractivity contribution is 7.47. The third-order valence-corrected chi connectivity index (χ3v) is 10.6. The van der Waals surface area contributed by atoms with Crippen molar-refractivity contribution in [2.45, 2.75) is 49.2 Å². The molecule has 4 fully saturated rings. The number of nitrogens with zero attached hydrogens (tertiary/aromatic N) is 7. The Kier molecular flexibility index (Phi) is 6.78. The molecule has 8 rings (SSSR count). The Labute approximate surface area is 253 Å². The van der Waals surface area contributed by atoms with E-state index in [1.807, 2.05) is 0 Å². The fourth-order valence-corrected chi connectivity index (χ4v) is 8.73. The Morgan fingerprint density at radius 3 is 2.80 bits per heavy atom. The number of imidazole rings is 2. The number of aliphatic hydroxyl groups excluding tert-OH is 1. The number of aromatic amines is 1. The van der Waals surface area contributed by atoms with Crippen molar-refractivity contribution >= 4 is 51.0 Å². The van der Waals surface area contributed by atoms with Crippen molar-refractivity contribution in [3.8, 4) is 0 Å². The number of H-pyrrole nitrogens is 1. The molecule has 2 aliphatic carbocycles. The van der Waals surface area contributed by atoms with Crippen LogP contribution < -0.4 is 17.0 Å². The maximum atomic E-state index is 13.4. The molecule has 0 amide bonds. The van der Waals surface area contributed by atoms with Gasteiger partial charge in [-0.15, -0.1) is 0 Å². The van der Waals surface area contributed by atoms with E-state index in [1.54, 1.807) is 4.57 Å². The van der Waals surface area contributed by atoms with Gasteiger partial charge in [-0.2, -0.15) is 4.98 Å². The Morgan fingerprint density at radius 1 is 1.18 bits per heavy atom. The van der Waals surface area contributed by atoms with Crippen LogP contribution in [-0.4, -0.2) is 99.9 Å². The first-order chi connectivity index (χ1) is 21.6. The van der Waals surface area contributed by atoms with Crippen LogP contribution in [0.1, 0.15) is 18.7 Å². The van der Waals surface area contributed by atoms with E-state index in [4.69, 9.17) is 39.0 Å². The Hall–Kier alpha value is -3.16. The molecule has 22 heteroatoms. The molecule has 11 atom stereocenters. The van der Waals surface area contributed by atoms with Gasteiger partial charge in [0.2, 0.25) is 5.95 Å². The number of fused-ring (bicyclic) bond motifs is 4. The molecule has 2 bridgehead atoms. The van der Waals surface area contributed by atoms with Crippen LogP contribution in [-0.2, 0) is 32.1 Å². The molecule has 20 nitrogen and oxygen atoms in total. The summed E-state index contributed by atoms with van der Waals surface area (Å²) in [7, 11) is -3.90. The number of phosphoric ester groups is 1. The molecule has 2 saturated carbocycles. The van der Waals surface area contributed by atoms with E-state index in [-0.39, 0.29) is 35.5 Å². The molecule has 2 unspecified atom stereocenters. The molecular formula is C23H28N10O10P2. The molecule has 2 saturated heterocycles. The normalized spacial score (nSPS) is 38.9. The van der Waals surface area contributed by atoms with E-state index in [0.717, 1.165) is 0 Å². The molecule has 0 aromatic carbocycles. The number of nitrogens with two attached hydrogens (primary N) is 2. The van der Waals surface area contributed by atoms with Crippen LogP contribution in [0.2, 0.25) is 0 Å². The number of nitrogen functional groups attached to an aromatic ring is 2. The van der Waals surface area contributed by atoms with E-state index in [2.05, 4.69) is 29.9 Å². The van der Waals surface area contributed by atoms with Gasteiger partial charge < -0.3 is 44.6 Å². The van der Waals surface area contributed by atoms with Crippen LogP contribution in [0.4, 0.5) is 11.8 Å². The first-order valence-electron chi connectivity index (χ1n) is 13.8. The monoisotopic (exact) mass is 666 g/mol. The average Bonchev–Trinajstić information content (AvgIpc) is 3.33. The highest BCUT2D eigenvalue weighted by atomic mass is 31.2. The summed E-state index contributed by atoms with van der Waals surface area (Å²) in [5.74, 6) is -0.167. The Balaban J connectivity index is 1.11. The highest BCUT2D eigenvalue weighted by Crippen LogP contribution is 2.71. The minimum atomic E-state index is -4.79. The second-order valence-corrected chi connectivity index (χ2v) is 13.5. The molecule has 6 heterocycles. The van der Waals surface area contributed by atoms with Gasteiger partial charge in [0.15, 0.2) is 37.9 Å². The Bertz CT molecular complexity index is 1910. The van der Waals surface area contributed by atoms with Crippen LogP contribution in [0.5, 0.6) is 0 Å². The third-order valence-electron chi connectivity index (χ3n) is 9.04. The number of aromatic nitrogens is 8. The summed E-state index contributed by atoms with van der Waals surface area (Å²) >= 11 is 0. The predicted molar refractivity (Wildman–Crippen MR) is 152 cm³/mol. The second-order valence-electron chi connectivity index (χ2n) is 11.4. The zero-order valence-corrected chi connectivity index (χ0v) is 25.3. The van der Waals surface area contributed by atoms with Crippen molar-refractivity contribution in [3.63, 3.8) is 0 Å². The molecule has 240 valence electrons. The molecular weight excluding hydrogens is 638 g/mol. The number of methoxy groups -OCH3 is 1. The van der Waals surface area contributed by atoms with Crippen molar-refractivity contribution in [1.29, 1.82) is 0 Å². The maximum absolute atomic E-state index is 13.4. The number of phosphoric acid groups is 1. The van der Waals surface area contributed by atoms with Gasteiger partial charge in [0.05, 0.1) is 31.9 Å². The lowest BCUT2D eigenvalue weighted by Crippen LogP contribution is -2.38. The van der Waals surface area contributed by atoms with E-state index in [1.165, 1.54) is 30.7 Å². The average molecular weight is 666 g/mol. The summed E-state index contributed by atoms with van der Waals surface area (Å²) in [5.41, 5.74) is 11.3. The highest BCUT2D eigenvalue weighted by Gasteiger charge is 2.73. The number of anilines is 2. The first-order valence-corrected chi connectivity index (χ1v) is 16.1. The SMILES string of the molecule is CO[C@H]1[C@H]2OPOC[C@@]34C[C@@H]3[C@@H](n3cnc5c(N)ncnc53)[C@H](O)[C@@H]4OP(=O)(O)OC[C@H]1O[C@H]2n1cnc2c(=O)[nH]c(N)nc21. The number of aliphatic hydroxyl groups is 1. The number of rotatable bonds is 3. The first kappa shape index (κ1) is 29.3. The molecule has 7 N–H and O–H groups in total. The quantitative estimate of drug-likeness (QED) is 0.170. The number of ether oxygens (including phenoxy) is 2. The standard InChI is InChI=1S/C23H28N10O10P2/c1-38-14-9-3-40-45(36,37)43-16-13(34)12(32-6-28-10-17(24)26-5-27-18(10)32)8-2-23(8,16)4-39-44-42-15(14)21(41-9)33-7-29-11-19(33)30-22(25)31-20(11)35/h5-9,12-16,21,34,44H,2-4H2,1H3,(H,36,37)(H2,24,26,27)(H3,25,30,31,35)/t8-,9-,12-,13+,14-,15-,16+,21-,23+/m1/s1. The van der Waals surface area contributed by atoms with Crippen molar-refractivity contribution in [2.24, 2.45) is 11.3 Å². The zero-order valence-electron chi connectivity index (χ0n) is 23.4. The van der Waals surface area contributed by atoms with Crippen LogP contribution >= 0.6 is 16.9 Å². The van der Waals surface area contributed by atoms with Gasteiger partial charge in [0.25, 0.3) is 5.56 Å². The summed E-state index contributed by atoms with van der Waals surface area (Å²) in [4.78, 5) is 46.6. The largest absolute Gasteiger partial charge is 0.472 e. The molecule has 1 spiro atoms. The second kappa shape index (κ2) is 10.4. The van der Waals surface area contributed by atoms with E-state index in [9.17, 15) is 19.4 Å². The molecule has 4 aromatic rings. The van der Waals surface area contributed by atoms with Gasteiger partial charge in [-0.3, -0.25) is 23.4 Å². The molecule has 2 aliphatic heterocycles. The lowest BCUT2D eigenvalue weighted by atomic mass is 10.0. The number of hydrogen-bond donors (Lipinski definition) is 5. The van der Waals surface area contributed by atoms with Crippen LogP contribution in [0, 0.1) is 11.3 Å². The van der Waals surface area contributed by atoms with E-state index >= 15 is 0 Å². The van der Waals surface area contributed by atoms with Crippen LogP contribution in [0.25, 0.3) is 22.3 Å². The summed E-state index contributed by atoms with van der Waals surface area (Å²) in [5, 5.41) is 11.5.